The minimum absolute atomic E-state index is 0.00237. The molecule has 0 N–H and O–H groups in total. The van der Waals surface area contributed by atoms with Gasteiger partial charge in [-0.3, -0.25) is 4.79 Å². The van der Waals surface area contributed by atoms with Gasteiger partial charge in [0.25, 0.3) is 0 Å². The highest BCUT2D eigenvalue weighted by molar-refractivity contribution is 5.96. The molecule has 126 valence electrons. The van der Waals surface area contributed by atoms with Crippen molar-refractivity contribution in [2.45, 2.75) is 19.3 Å². The van der Waals surface area contributed by atoms with Gasteiger partial charge in [0.15, 0.2) is 0 Å². The highest BCUT2D eigenvalue weighted by Crippen LogP contribution is 2.36. The average molecular weight is 329 g/mol. The molecule has 1 heterocycles. The number of carbonyl (C=O) groups excluding carboxylic acids is 1. The Balaban J connectivity index is 1.65. The van der Waals surface area contributed by atoms with Gasteiger partial charge in [0.05, 0.1) is 25.8 Å². The molecule has 1 aliphatic rings. The van der Waals surface area contributed by atoms with Crippen LogP contribution in [-0.4, -0.2) is 26.2 Å². The van der Waals surface area contributed by atoms with Crippen molar-refractivity contribution in [1.82, 2.24) is 0 Å². The largest absolute Gasteiger partial charge is 0.495 e. The van der Waals surface area contributed by atoms with Crippen molar-refractivity contribution < 1.29 is 18.7 Å². The zero-order valence-corrected chi connectivity index (χ0v) is 13.6. The average Bonchev–Trinajstić information content (AvgIpc) is 2.62. The molecule has 0 bridgehead atoms. The molecule has 1 amide bonds. The predicted molar refractivity (Wildman–Crippen MR) is 90.2 cm³/mol. The number of ether oxygens (including phenoxy) is 2. The minimum atomic E-state index is -0.310. The topological polar surface area (TPSA) is 38.8 Å². The number of methoxy groups -OCH3 is 1. The SMILES string of the molecule is COc1cccc2c1N(C(=O)CCOc1ccc(F)cc1)CCC2. The van der Waals surface area contributed by atoms with E-state index in [1.807, 2.05) is 18.2 Å². The molecular weight excluding hydrogens is 309 g/mol. The summed E-state index contributed by atoms with van der Waals surface area (Å²) in [6, 6.07) is 11.6. The van der Waals surface area contributed by atoms with Gasteiger partial charge in [0, 0.05) is 6.54 Å². The van der Waals surface area contributed by atoms with E-state index in [0.29, 0.717) is 12.3 Å². The van der Waals surface area contributed by atoms with Gasteiger partial charge in [0.1, 0.15) is 17.3 Å². The number of anilines is 1. The Kier molecular flexibility index (Phi) is 4.99. The van der Waals surface area contributed by atoms with Gasteiger partial charge in [-0.2, -0.15) is 0 Å². The third kappa shape index (κ3) is 3.50. The number of hydrogen-bond donors (Lipinski definition) is 0. The Morgan fingerprint density at radius 1 is 1.21 bits per heavy atom. The van der Waals surface area contributed by atoms with Crippen molar-refractivity contribution in [2.24, 2.45) is 0 Å². The maximum atomic E-state index is 12.9. The molecule has 4 nitrogen and oxygen atoms in total. The predicted octanol–water partition coefficient (Wildman–Crippen LogP) is 3.58. The second-order valence-corrected chi connectivity index (χ2v) is 5.67. The van der Waals surface area contributed by atoms with Crippen LogP contribution >= 0.6 is 0 Å². The van der Waals surface area contributed by atoms with Gasteiger partial charge in [-0.25, -0.2) is 4.39 Å². The molecule has 0 saturated carbocycles. The van der Waals surface area contributed by atoms with E-state index < -0.39 is 0 Å². The van der Waals surface area contributed by atoms with Gasteiger partial charge < -0.3 is 14.4 Å². The van der Waals surface area contributed by atoms with Gasteiger partial charge in [-0.15, -0.1) is 0 Å². The highest BCUT2D eigenvalue weighted by atomic mass is 19.1. The summed E-state index contributed by atoms with van der Waals surface area (Å²) in [6.45, 7) is 0.939. The fourth-order valence-electron chi connectivity index (χ4n) is 2.95. The van der Waals surface area contributed by atoms with E-state index in [1.165, 1.54) is 12.1 Å². The molecule has 24 heavy (non-hydrogen) atoms. The van der Waals surface area contributed by atoms with Crippen LogP contribution in [0.3, 0.4) is 0 Å². The number of nitrogens with zero attached hydrogens (tertiary/aromatic N) is 1. The highest BCUT2D eigenvalue weighted by Gasteiger charge is 2.25. The van der Waals surface area contributed by atoms with Crippen LogP contribution in [0.15, 0.2) is 42.5 Å². The summed E-state index contributed by atoms with van der Waals surface area (Å²) >= 11 is 0. The zero-order valence-electron chi connectivity index (χ0n) is 13.6. The summed E-state index contributed by atoms with van der Waals surface area (Å²) in [5.74, 6) is 0.971. The fraction of sp³-hybridized carbons (Fsp3) is 0.316. The number of halogens is 1. The Bertz CT molecular complexity index is 701. The van der Waals surface area contributed by atoms with Crippen LogP contribution < -0.4 is 14.4 Å². The second-order valence-electron chi connectivity index (χ2n) is 5.67. The third-order valence-corrected chi connectivity index (χ3v) is 4.10. The number of benzene rings is 2. The van der Waals surface area contributed by atoms with Crippen LogP contribution in [0.4, 0.5) is 10.1 Å². The maximum absolute atomic E-state index is 12.9. The molecule has 5 heteroatoms. The number of amides is 1. The maximum Gasteiger partial charge on any atom is 0.230 e. The van der Waals surface area contributed by atoms with E-state index in [0.717, 1.165) is 29.8 Å². The lowest BCUT2D eigenvalue weighted by molar-refractivity contribution is -0.119. The van der Waals surface area contributed by atoms with Crippen LogP contribution in [0.1, 0.15) is 18.4 Å². The molecule has 1 aliphatic heterocycles. The van der Waals surface area contributed by atoms with Gasteiger partial charge in [-0.1, -0.05) is 12.1 Å². The van der Waals surface area contributed by atoms with Crippen LogP contribution in [0.5, 0.6) is 11.5 Å². The quantitative estimate of drug-likeness (QED) is 0.841. The monoisotopic (exact) mass is 329 g/mol. The standard InChI is InChI=1S/C19H20FNO3/c1-23-17-6-2-4-14-5-3-12-21(19(14)17)18(22)11-13-24-16-9-7-15(20)8-10-16/h2,4,6-10H,3,5,11-13H2,1H3. The molecular formula is C19H20FNO3. The number of aryl methyl sites for hydroxylation is 1. The lowest BCUT2D eigenvalue weighted by atomic mass is 10.0. The molecule has 0 aliphatic carbocycles. The summed E-state index contributed by atoms with van der Waals surface area (Å²) in [7, 11) is 1.62. The van der Waals surface area contributed by atoms with E-state index in [9.17, 15) is 9.18 Å². The summed E-state index contributed by atoms with van der Waals surface area (Å²) in [4.78, 5) is 14.4. The van der Waals surface area contributed by atoms with Crippen LogP contribution in [-0.2, 0) is 11.2 Å². The smallest absolute Gasteiger partial charge is 0.230 e. The Hall–Kier alpha value is -2.56. The number of hydrogen-bond acceptors (Lipinski definition) is 3. The number of rotatable bonds is 5. The lowest BCUT2D eigenvalue weighted by Crippen LogP contribution is -2.36. The van der Waals surface area contributed by atoms with Crippen molar-refractivity contribution >= 4 is 11.6 Å². The van der Waals surface area contributed by atoms with Crippen LogP contribution in [0.25, 0.3) is 0 Å². The first-order valence-electron chi connectivity index (χ1n) is 8.03. The molecule has 0 unspecified atom stereocenters. The molecule has 2 aromatic carbocycles. The Morgan fingerprint density at radius 2 is 2.00 bits per heavy atom. The number of para-hydroxylation sites is 1. The van der Waals surface area contributed by atoms with Crippen molar-refractivity contribution in [3.05, 3.63) is 53.8 Å². The van der Waals surface area contributed by atoms with Crippen LogP contribution in [0.2, 0.25) is 0 Å². The second kappa shape index (κ2) is 7.34. The van der Waals surface area contributed by atoms with Crippen molar-refractivity contribution in [1.29, 1.82) is 0 Å². The van der Waals surface area contributed by atoms with E-state index in [2.05, 4.69) is 0 Å². The molecule has 0 aromatic heterocycles. The zero-order chi connectivity index (χ0) is 16.9. The first kappa shape index (κ1) is 16.3. The van der Waals surface area contributed by atoms with Crippen molar-refractivity contribution in [3.63, 3.8) is 0 Å². The molecule has 0 atom stereocenters. The minimum Gasteiger partial charge on any atom is -0.495 e. The molecule has 3 rings (SSSR count). The first-order chi connectivity index (χ1) is 11.7. The Morgan fingerprint density at radius 3 is 2.75 bits per heavy atom. The Labute approximate surface area is 140 Å². The van der Waals surface area contributed by atoms with Crippen molar-refractivity contribution in [2.75, 3.05) is 25.2 Å². The molecule has 2 aromatic rings. The summed E-state index contributed by atoms with van der Waals surface area (Å²) in [5, 5.41) is 0. The summed E-state index contributed by atoms with van der Waals surface area (Å²) in [6.07, 6.45) is 2.14. The molecule has 0 spiro atoms. The number of fused-ring (bicyclic) bond motifs is 1. The summed E-state index contributed by atoms with van der Waals surface area (Å²) in [5.41, 5.74) is 2.01. The summed E-state index contributed by atoms with van der Waals surface area (Å²) < 4.78 is 23.8. The van der Waals surface area contributed by atoms with E-state index in [1.54, 1.807) is 24.1 Å². The van der Waals surface area contributed by atoms with Gasteiger partial charge in [0.2, 0.25) is 5.91 Å². The molecule has 0 saturated heterocycles. The van der Waals surface area contributed by atoms with E-state index in [-0.39, 0.29) is 24.8 Å². The van der Waals surface area contributed by atoms with Gasteiger partial charge >= 0.3 is 0 Å². The fourth-order valence-corrected chi connectivity index (χ4v) is 2.95. The molecule has 0 fully saturated rings. The third-order valence-electron chi connectivity index (χ3n) is 4.10. The van der Waals surface area contributed by atoms with Crippen molar-refractivity contribution in [3.8, 4) is 11.5 Å². The van der Waals surface area contributed by atoms with E-state index >= 15 is 0 Å². The number of carbonyl (C=O) groups is 1. The van der Waals surface area contributed by atoms with E-state index in [4.69, 9.17) is 9.47 Å². The lowest BCUT2D eigenvalue weighted by Gasteiger charge is -2.31. The molecule has 0 radical (unpaired) electrons. The first-order valence-corrected chi connectivity index (χ1v) is 8.03. The van der Waals surface area contributed by atoms with Crippen LogP contribution in [0, 0.1) is 5.82 Å². The van der Waals surface area contributed by atoms with Gasteiger partial charge in [-0.05, 0) is 48.7 Å². The normalized spacial score (nSPS) is 13.3.